The summed E-state index contributed by atoms with van der Waals surface area (Å²) in [4.78, 5) is 17.6. The van der Waals surface area contributed by atoms with Gasteiger partial charge >= 0.3 is 6.09 Å². The number of amides is 1. The Labute approximate surface area is 184 Å². The number of nitrogens with zero attached hydrogens (tertiary/aromatic N) is 4. The fraction of sp³-hybridized carbons (Fsp3) is 0.217. The number of carbonyl (C=O) groups is 1. The number of rotatable bonds is 4. The first kappa shape index (κ1) is 19.6. The number of fused-ring (bicyclic) bond motifs is 3. The summed E-state index contributed by atoms with van der Waals surface area (Å²) in [5.41, 5.74) is 2.86. The van der Waals surface area contributed by atoms with Crippen molar-refractivity contribution in [1.29, 1.82) is 0 Å². The van der Waals surface area contributed by atoms with Crippen molar-refractivity contribution >= 4 is 23.6 Å². The topological polar surface area (TPSA) is 81.4 Å². The van der Waals surface area contributed by atoms with Crippen LogP contribution >= 0.6 is 11.8 Å². The molecule has 0 saturated carbocycles. The zero-order valence-corrected chi connectivity index (χ0v) is 17.7. The van der Waals surface area contributed by atoms with Gasteiger partial charge in [0.05, 0.1) is 17.0 Å². The first-order chi connectivity index (χ1) is 15.2. The van der Waals surface area contributed by atoms with Gasteiger partial charge in [0.25, 0.3) is 0 Å². The minimum Gasteiger partial charge on any atom is -0.445 e. The van der Waals surface area contributed by atoms with E-state index in [0.29, 0.717) is 5.82 Å². The molecule has 0 radical (unpaired) electrons. The molecule has 8 heteroatoms. The molecule has 0 saturated heterocycles. The van der Waals surface area contributed by atoms with Crippen molar-refractivity contribution in [1.82, 2.24) is 20.1 Å². The number of thioether (sulfide) groups is 1. The summed E-state index contributed by atoms with van der Waals surface area (Å²) in [5.74, 6) is 1.38. The van der Waals surface area contributed by atoms with Crippen LogP contribution in [0.4, 0.5) is 4.79 Å². The number of allylic oxidation sites excluding steroid dienone is 1. The number of aryl methyl sites for hydroxylation is 1. The molecule has 2 aliphatic rings. The maximum atomic E-state index is 12.6. The van der Waals surface area contributed by atoms with Crippen molar-refractivity contribution < 1.29 is 9.53 Å². The van der Waals surface area contributed by atoms with Gasteiger partial charge in [-0.25, -0.2) is 4.79 Å². The van der Waals surface area contributed by atoms with Gasteiger partial charge < -0.3 is 9.30 Å². The quantitative estimate of drug-likeness (QED) is 0.670. The van der Waals surface area contributed by atoms with Crippen LogP contribution in [0.25, 0.3) is 0 Å². The normalized spacial score (nSPS) is 21.6. The van der Waals surface area contributed by atoms with Crippen LogP contribution in [0.1, 0.15) is 35.0 Å². The third-order valence-corrected chi connectivity index (χ3v) is 6.43. The van der Waals surface area contributed by atoms with Crippen LogP contribution in [-0.4, -0.2) is 31.8 Å². The largest absolute Gasteiger partial charge is 0.445 e. The van der Waals surface area contributed by atoms with Crippen LogP contribution in [0, 0.1) is 6.92 Å². The van der Waals surface area contributed by atoms with Crippen LogP contribution in [0.5, 0.6) is 0 Å². The van der Waals surface area contributed by atoms with E-state index < -0.39 is 12.3 Å². The number of ether oxygens (including phenoxy) is 1. The Morgan fingerprint density at radius 1 is 1.10 bits per heavy atom. The van der Waals surface area contributed by atoms with Gasteiger partial charge in [0.2, 0.25) is 0 Å². The van der Waals surface area contributed by atoms with Gasteiger partial charge in [0, 0.05) is 0 Å². The molecule has 3 aromatic rings. The molecule has 3 atom stereocenters. The second-order valence-electron chi connectivity index (χ2n) is 7.34. The summed E-state index contributed by atoms with van der Waals surface area (Å²) >= 11 is 1.72. The first-order valence-corrected chi connectivity index (χ1v) is 11.0. The molecule has 156 valence electrons. The molecule has 1 N–H and O–H groups in total. The summed E-state index contributed by atoms with van der Waals surface area (Å²) in [5, 5.41) is 13.7. The summed E-state index contributed by atoms with van der Waals surface area (Å²) in [6.07, 6.45) is 0.899. The minimum absolute atomic E-state index is 0.0288. The smallest absolute Gasteiger partial charge is 0.409 e. The average Bonchev–Trinajstić information content (AvgIpc) is 3.40. The molecule has 31 heavy (non-hydrogen) atoms. The lowest BCUT2D eigenvalue weighted by Gasteiger charge is -2.21. The highest BCUT2D eigenvalue weighted by Gasteiger charge is 2.38. The molecule has 0 bridgehead atoms. The second kappa shape index (κ2) is 8.39. The predicted octanol–water partition coefficient (Wildman–Crippen LogP) is 4.18. The molecule has 0 fully saturated rings. The van der Waals surface area contributed by atoms with Gasteiger partial charge in [0.1, 0.15) is 12.4 Å². The van der Waals surface area contributed by atoms with Gasteiger partial charge in [-0.1, -0.05) is 66.7 Å². The highest BCUT2D eigenvalue weighted by Crippen LogP contribution is 2.40. The summed E-state index contributed by atoms with van der Waals surface area (Å²) in [6, 6.07) is 19.6. The third kappa shape index (κ3) is 3.86. The van der Waals surface area contributed by atoms with Crippen LogP contribution in [0.15, 0.2) is 77.1 Å². The van der Waals surface area contributed by atoms with E-state index in [0.717, 1.165) is 22.7 Å². The minimum atomic E-state index is -0.695. The number of aromatic nitrogens is 3. The number of benzene rings is 2. The van der Waals surface area contributed by atoms with Gasteiger partial charge in [0.15, 0.2) is 12.0 Å². The van der Waals surface area contributed by atoms with E-state index in [4.69, 9.17) is 9.73 Å². The van der Waals surface area contributed by atoms with E-state index in [1.54, 1.807) is 11.8 Å². The molecular formula is C23H21N5O2S. The van der Waals surface area contributed by atoms with Gasteiger partial charge in [-0.05, 0) is 23.5 Å². The Kier molecular flexibility index (Phi) is 5.30. The van der Waals surface area contributed by atoms with Gasteiger partial charge in [-0.15, -0.1) is 22.0 Å². The van der Waals surface area contributed by atoms with Crippen molar-refractivity contribution in [2.75, 3.05) is 0 Å². The SMILES string of the molecule is Cc1nnc2n1C1C=CSC1C(c1ccccc1)=NC2NC(=O)OCc1ccccc1. The Bertz CT molecular complexity index is 1140. The van der Waals surface area contributed by atoms with Crippen LogP contribution in [0.2, 0.25) is 0 Å². The van der Waals surface area contributed by atoms with Gasteiger partial charge in [-0.3, -0.25) is 10.3 Å². The molecule has 7 nitrogen and oxygen atoms in total. The summed E-state index contributed by atoms with van der Waals surface area (Å²) in [6.45, 7) is 2.10. The fourth-order valence-electron chi connectivity index (χ4n) is 3.87. The number of aliphatic imine (C=N–C) groups is 1. The molecule has 1 amide bonds. The molecule has 3 heterocycles. The maximum Gasteiger partial charge on any atom is 0.409 e. The lowest BCUT2D eigenvalue weighted by atomic mass is 10.0. The third-order valence-electron chi connectivity index (χ3n) is 5.32. The molecule has 1 aromatic heterocycles. The molecule has 2 aromatic carbocycles. The van der Waals surface area contributed by atoms with Gasteiger partial charge in [-0.2, -0.15) is 0 Å². The lowest BCUT2D eigenvalue weighted by molar-refractivity contribution is 0.135. The van der Waals surface area contributed by atoms with Crippen LogP contribution in [-0.2, 0) is 11.3 Å². The number of hydrogen-bond donors (Lipinski definition) is 1. The first-order valence-electron chi connectivity index (χ1n) is 10.0. The van der Waals surface area contributed by atoms with Crippen molar-refractivity contribution in [3.05, 3.63) is 94.9 Å². The average molecular weight is 432 g/mol. The fourth-order valence-corrected chi connectivity index (χ4v) is 4.99. The highest BCUT2D eigenvalue weighted by molar-refractivity contribution is 8.03. The van der Waals surface area contributed by atoms with E-state index >= 15 is 0 Å². The molecule has 5 rings (SSSR count). The summed E-state index contributed by atoms with van der Waals surface area (Å²) < 4.78 is 7.49. The van der Waals surface area contributed by atoms with E-state index in [9.17, 15) is 4.79 Å². The van der Waals surface area contributed by atoms with E-state index in [1.165, 1.54) is 0 Å². The Hall–Kier alpha value is -3.39. The second-order valence-corrected chi connectivity index (χ2v) is 8.39. The van der Waals surface area contributed by atoms with E-state index in [-0.39, 0.29) is 17.9 Å². The van der Waals surface area contributed by atoms with Crippen molar-refractivity contribution in [3.63, 3.8) is 0 Å². The highest BCUT2D eigenvalue weighted by atomic mass is 32.2. The monoisotopic (exact) mass is 431 g/mol. The van der Waals surface area contributed by atoms with Crippen molar-refractivity contribution in [3.8, 4) is 0 Å². The molecule has 2 aliphatic heterocycles. The number of carbonyl (C=O) groups excluding carboxylic acids is 1. The number of nitrogens with one attached hydrogen (secondary N) is 1. The maximum absolute atomic E-state index is 12.6. The molecule has 3 unspecified atom stereocenters. The summed E-state index contributed by atoms with van der Waals surface area (Å²) in [7, 11) is 0. The van der Waals surface area contributed by atoms with Crippen molar-refractivity contribution in [2.45, 2.75) is 31.0 Å². The Balaban J connectivity index is 1.47. The van der Waals surface area contributed by atoms with E-state index in [2.05, 4.69) is 31.6 Å². The molecule has 0 aliphatic carbocycles. The predicted molar refractivity (Wildman–Crippen MR) is 120 cm³/mol. The number of hydrogen-bond acceptors (Lipinski definition) is 6. The van der Waals surface area contributed by atoms with E-state index in [1.807, 2.05) is 67.6 Å². The molecule has 0 spiro atoms. The van der Waals surface area contributed by atoms with Crippen LogP contribution < -0.4 is 5.32 Å². The zero-order valence-electron chi connectivity index (χ0n) is 16.9. The Morgan fingerprint density at radius 2 is 1.84 bits per heavy atom. The Morgan fingerprint density at radius 3 is 2.61 bits per heavy atom. The number of alkyl carbamates (subject to hydrolysis) is 1. The van der Waals surface area contributed by atoms with Crippen LogP contribution in [0.3, 0.4) is 0 Å². The standard InChI is InChI=1S/C23H21N5O2S/c1-15-26-27-22-21(25-23(29)30-14-16-8-4-2-5-9-16)24-19(17-10-6-3-7-11-17)20-18(28(15)22)12-13-31-20/h2-13,18,20-21H,14H2,1H3,(H,25,29). The molecular weight excluding hydrogens is 410 g/mol. The zero-order chi connectivity index (χ0) is 21.2. The lowest BCUT2D eigenvalue weighted by Crippen LogP contribution is -2.30. The van der Waals surface area contributed by atoms with Crippen molar-refractivity contribution in [2.24, 2.45) is 4.99 Å².